The molecule has 1 atom stereocenters. The molecule has 2 saturated carbocycles. The van der Waals surface area contributed by atoms with Crippen LogP contribution in [0.15, 0.2) is 0 Å². The normalized spacial score (nSPS) is 29.9. The third kappa shape index (κ3) is 5.69. The molecule has 1 aliphatic heterocycles. The number of hydrogen-bond donors (Lipinski definition) is 2. The lowest BCUT2D eigenvalue weighted by molar-refractivity contribution is -0.147. The summed E-state index contributed by atoms with van der Waals surface area (Å²) in [7, 11) is 0. The predicted octanol–water partition coefficient (Wildman–Crippen LogP) is 2.96. The molecule has 1 unspecified atom stereocenters. The van der Waals surface area contributed by atoms with Crippen LogP contribution in [0.1, 0.15) is 77.0 Å². The molecule has 6 nitrogen and oxygen atoms in total. The number of aliphatic carboxylic acids is 1. The van der Waals surface area contributed by atoms with Crippen LogP contribution in [-0.4, -0.2) is 46.9 Å². The van der Waals surface area contributed by atoms with Gasteiger partial charge in [-0.15, -0.1) is 0 Å². The van der Waals surface area contributed by atoms with Crippen LogP contribution < -0.4 is 5.32 Å². The van der Waals surface area contributed by atoms with Crippen LogP contribution in [0.5, 0.6) is 0 Å². The molecular weight excluding hydrogens is 344 g/mol. The van der Waals surface area contributed by atoms with E-state index in [9.17, 15) is 19.5 Å². The number of carbonyl (C=O) groups is 3. The molecular formula is C21H34N2O4. The van der Waals surface area contributed by atoms with Crippen molar-refractivity contribution in [1.82, 2.24) is 10.2 Å². The summed E-state index contributed by atoms with van der Waals surface area (Å²) in [5.41, 5.74) is 0. The number of nitrogens with zero attached hydrogens (tertiary/aromatic N) is 1. The number of hydrogen-bond acceptors (Lipinski definition) is 3. The highest BCUT2D eigenvalue weighted by Crippen LogP contribution is 2.29. The lowest BCUT2D eigenvalue weighted by Crippen LogP contribution is -2.47. The molecule has 3 fully saturated rings. The Morgan fingerprint density at radius 2 is 1.56 bits per heavy atom. The van der Waals surface area contributed by atoms with Crippen LogP contribution in [0.4, 0.5) is 0 Å². The molecule has 0 radical (unpaired) electrons. The van der Waals surface area contributed by atoms with E-state index < -0.39 is 11.9 Å². The van der Waals surface area contributed by atoms with E-state index in [1.807, 2.05) is 0 Å². The van der Waals surface area contributed by atoms with Crippen molar-refractivity contribution in [2.75, 3.05) is 13.1 Å². The molecule has 2 amide bonds. The number of piperidine rings is 1. The number of amides is 2. The first-order chi connectivity index (χ1) is 13.0. The lowest BCUT2D eigenvalue weighted by atomic mass is 9.83. The summed E-state index contributed by atoms with van der Waals surface area (Å²) in [5.74, 6) is -0.373. The van der Waals surface area contributed by atoms with Crippen molar-refractivity contribution in [3.8, 4) is 0 Å². The summed E-state index contributed by atoms with van der Waals surface area (Å²) in [6, 6.07) is 0.193. The summed E-state index contributed by atoms with van der Waals surface area (Å²) >= 11 is 0. The van der Waals surface area contributed by atoms with Crippen LogP contribution >= 0.6 is 0 Å². The zero-order valence-electron chi connectivity index (χ0n) is 16.3. The minimum atomic E-state index is -0.795. The van der Waals surface area contributed by atoms with Crippen LogP contribution in [-0.2, 0) is 14.4 Å². The minimum absolute atomic E-state index is 0.0101. The fourth-order valence-electron chi connectivity index (χ4n) is 5.06. The summed E-state index contributed by atoms with van der Waals surface area (Å²) in [6.45, 7) is 1.03. The van der Waals surface area contributed by atoms with E-state index in [2.05, 4.69) is 5.32 Å². The monoisotopic (exact) mass is 378 g/mol. The average Bonchev–Trinajstić information content (AvgIpc) is 2.69. The highest BCUT2D eigenvalue weighted by atomic mass is 16.4. The fourth-order valence-corrected chi connectivity index (χ4v) is 5.06. The second-order valence-electron chi connectivity index (χ2n) is 8.79. The first kappa shape index (κ1) is 20.2. The van der Waals surface area contributed by atoms with E-state index in [0.717, 1.165) is 32.1 Å². The van der Waals surface area contributed by atoms with E-state index >= 15 is 0 Å². The summed E-state index contributed by atoms with van der Waals surface area (Å²) in [5, 5.41) is 12.4. The lowest BCUT2D eigenvalue weighted by Gasteiger charge is -2.36. The maximum Gasteiger partial charge on any atom is 0.308 e. The van der Waals surface area contributed by atoms with Gasteiger partial charge in [0.1, 0.15) is 0 Å². The molecule has 0 aromatic rings. The van der Waals surface area contributed by atoms with Crippen molar-refractivity contribution in [3.63, 3.8) is 0 Å². The molecule has 0 aromatic carbocycles. The first-order valence-corrected chi connectivity index (χ1v) is 10.8. The van der Waals surface area contributed by atoms with Crippen molar-refractivity contribution in [2.45, 2.75) is 83.1 Å². The van der Waals surface area contributed by atoms with Gasteiger partial charge in [-0.05, 0) is 57.3 Å². The van der Waals surface area contributed by atoms with Gasteiger partial charge < -0.3 is 15.3 Å². The highest BCUT2D eigenvalue weighted by Gasteiger charge is 2.34. The van der Waals surface area contributed by atoms with Gasteiger partial charge in [0.05, 0.1) is 5.92 Å². The Bertz CT molecular complexity index is 536. The van der Waals surface area contributed by atoms with E-state index in [-0.39, 0.29) is 23.8 Å². The molecule has 2 N–H and O–H groups in total. The Labute approximate surface area is 162 Å². The van der Waals surface area contributed by atoms with Gasteiger partial charge in [0, 0.05) is 31.5 Å². The van der Waals surface area contributed by atoms with Crippen LogP contribution in [0, 0.1) is 17.8 Å². The number of carbonyl (C=O) groups excluding carboxylic acids is 2. The molecule has 0 spiro atoms. The Hall–Kier alpha value is -1.59. The Morgan fingerprint density at radius 1 is 0.852 bits per heavy atom. The molecule has 0 aromatic heterocycles. The van der Waals surface area contributed by atoms with Gasteiger partial charge in [0.2, 0.25) is 11.8 Å². The molecule has 1 heterocycles. The van der Waals surface area contributed by atoms with Gasteiger partial charge in [0.25, 0.3) is 0 Å². The molecule has 3 rings (SSSR count). The molecule has 6 heteroatoms. The number of carboxylic acid groups (broad SMARTS) is 1. The van der Waals surface area contributed by atoms with Crippen molar-refractivity contribution >= 4 is 17.8 Å². The number of nitrogens with one attached hydrogen (secondary N) is 1. The smallest absolute Gasteiger partial charge is 0.308 e. The van der Waals surface area contributed by atoms with E-state index in [0.29, 0.717) is 31.8 Å². The van der Waals surface area contributed by atoms with Gasteiger partial charge in [0.15, 0.2) is 0 Å². The number of carboxylic acids is 1. The van der Waals surface area contributed by atoms with Crippen LogP contribution in [0.3, 0.4) is 0 Å². The van der Waals surface area contributed by atoms with Crippen molar-refractivity contribution in [1.29, 1.82) is 0 Å². The summed E-state index contributed by atoms with van der Waals surface area (Å²) in [4.78, 5) is 38.0. The average molecular weight is 379 g/mol. The standard InChI is InChI=1S/C21H34N2O4/c24-19(13-15-5-2-1-3-6-15)22-18-10-8-16(9-11-18)20(25)23-12-4-7-17(14-23)21(26)27/h15-18H,1-14H2,(H,22,24)(H,26,27). The molecule has 1 saturated heterocycles. The fraction of sp³-hybridized carbons (Fsp3) is 0.857. The van der Waals surface area contributed by atoms with Gasteiger partial charge >= 0.3 is 5.97 Å². The third-order valence-corrected chi connectivity index (χ3v) is 6.72. The second kappa shape index (κ2) is 9.56. The minimum Gasteiger partial charge on any atom is -0.481 e. The van der Waals surface area contributed by atoms with Crippen molar-refractivity contribution in [3.05, 3.63) is 0 Å². The Kier molecular flexibility index (Phi) is 7.13. The highest BCUT2D eigenvalue weighted by molar-refractivity contribution is 5.80. The summed E-state index contributed by atoms with van der Waals surface area (Å²) < 4.78 is 0. The van der Waals surface area contributed by atoms with Gasteiger partial charge in [-0.25, -0.2) is 0 Å². The van der Waals surface area contributed by atoms with Crippen LogP contribution in [0.25, 0.3) is 0 Å². The van der Waals surface area contributed by atoms with Gasteiger partial charge in [-0.1, -0.05) is 19.3 Å². The molecule has 0 bridgehead atoms. The van der Waals surface area contributed by atoms with Crippen molar-refractivity contribution < 1.29 is 19.5 Å². The Morgan fingerprint density at radius 3 is 2.22 bits per heavy atom. The molecule has 152 valence electrons. The predicted molar refractivity (Wildman–Crippen MR) is 102 cm³/mol. The molecule has 2 aliphatic carbocycles. The quantitative estimate of drug-likeness (QED) is 0.770. The third-order valence-electron chi connectivity index (χ3n) is 6.72. The topological polar surface area (TPSA) is 86.7 Å². The Balaban J connectivity index is 1.39. The zero-order chi connectivity index (χ0) is 19.2. The number of rotatable bonds is 5. The number of likely N-dealkylation sites (tertiary alicyclic amines) is 1. The largest absolute Gasteiger partial charge is 0.481 e. The maximum atomic E-state index is 12.8. The second-order valence-corrected chi connectivity index (χ2v) is 8.79. The van der Waals surface area contributed by atoms with Crippen molar-refractivity contribution in [2.24, 2.45) is 17.8 Å². The van der Waals surface area contributed by atoms with E-state index in [1.165, 1.54) is 32.1 Å². The van der Waals surface area contributed by atoms with Gasteiger partial charge in [-0.3, -0.25) is 14.4 Å². The molecule has 3 aliphatic rings. The summed E-state index contributed by atoms with van der Waals surface area (Å²) in [6.07, 6.45) is 11.6. The van der Waals surface area contributed by atoms with Crippen LogP contribution in [0.2, 0.25) is 0 Å². The zero-order valence-corrected chi connectivity index (χ0v) is 16.3. The first-order valence-electron chi connectivity index (χ1n) is 10.8. The van der Waals surface area contributed by atoms with E-state index in [4.69, 9.17) is 0 Å². The SMILES string of the molecule is O=C(CC1CCCCC1)NC1CCC(C(=O)N2CCCC(C(=O)O)C2)CC1. The van der Waals surface area contributed by atoms with Gasteiger partial charge in [-0.2, -0.15) is 0 Å². The van der Waals surface area contributed by atoms with E-state index in [1.54, 1.807) is 4.90 Å². The maximum absolute atomic E-state index is 12.8. The molecule has 27 heavy (non-hydrogen) atoms.